The Bertz CT molecular complexity index is 1470. The largest absolute Gasteiger partial charge is 0.507 e. The van der Waals surface area contributed by atoms with Crippen molar-refractivity contribution in [2.75, 3.05) is 25.2 Å². The standard InChI is InChI=1S/C19H19N3O10S3/c1-30-6-7-34(25,26)14-4-2-12(3-5-14)21-22-19-16(35(27,28)29)9-11-8-13(33-32-31-24)10-15(23)17(11)18(19)20/h2-5,8-10,23-24H,6-7,20H2,1H3,(H,27,28,29). The maximum absolute atomic E-state index is 12.2. The zero-order valence-electron chi connectivity index (χ0n) is 17.9. The normalized spacial score (nSPS) is 12.5. The van der Waals surface area contributed by atoms with Crippen LogP contribution in [-0.2, 0) is 34.1 Å². The van der Waals surface area contributed by atoms with E-state index >= 15 is 0 Å². The molecule has 0 aliphatic heterocycles. The highest BCUT2D eigenvalue weighted by Gasteiger charge is 2.23. The molecule has 5 N–H and O–H groups in total. The lowest BCUT2D eigenvalue weighted by atomic mass is 10.1. The molecule has 0 saturated heterocycles. The monoisotopic (exact) mass is 545 g/mol. The van der Waals surface area contributed by atoms with Gasteiger partial charge in [0.15, 0.2) is 9.84 Å². The summed E-state index contributed by atoms with van der Waals surface area (Å²) in [5, 5.41) is 30.0. The van der Waals surface area contributed by atoms with Crippen LogP contribution in [0.4, 0.5) is 17.1 Å². The number of anilines is 1. The van der Waals surface area contributed by atoms with E-state index in [1.54, 1.807) is 0 Å². The van der Waals surface area contributed by atoms with E-state index in [4.69, 9.17) is 15.7 Å². The van der Waals surface area contributed by atoms with Gasteiger partial charge in [-0.1, -0.05) is 5.04 Å². The molecule has 35 heavy (non-hydrogen) atoms. The number of sulfone groups is 1. The zero-order valence-corrected chi connectivity index (χ0v) is 20.3. The summed E-state index contributed by atoms with van der Waals surface area (Å²) in [6.45, 7) is 0.0265. The highest BCUT2D eigenvalue weighted by molar-refractivity contribution is 7.94. The molecule has 0 saturated carbocycles. The number of nitrogen functional groups attached to an aromatic ring is 1. The zero-order chi connectivity index (χ0) is 25.8. The van der Waals surface area contributed by atoms with Gasteiger partial charge < -0.3 is 15.6 Å². The third-order valence-corrected chi connectivity index (χ3v) is 7.74. The molecule has 3 aromatic carbocycles. The first-order chi connectivity index (χ1) is 16.5. The molecule has 3 rings (SSSR count). The van der Waals surface area contributed by atoms with Crippen LogP contribution in [0.1, 0.15) is 0 Å². The lowest BCUT2D eigenvalue weighted by molar-refractivity contribution is -0.432. The van der Waals surface area contributed by atoms with Gasteiger partial charge in [-0.2, -0.15) is 13.5 Å². The Morgan fingerprint density at radius 2 is 1.74 bits per heavy atom. The molecule has 0 fully saturated rings. The van der Waals surface area contributed by atoms with E-state index in [1.807, 2.05) is 0 Å². The Hall–Kier alpha value is -2.83. The topological polar surface area (TPSA) is 207 Å². The maximum Gasteiger partial charge on any atom is 0.296 e. The third-order valence-electron chi connectivity index (χ3n) is 4.62. The van der Waals surface area contributed by atoms with Crippen molar-refractivity contribution in [2.45, 2.75) is 14.7 Å². The molecule has 0 aliphatic carbocycles. The summed E-state index contributed by atoms with van der Waals surface area (Å²) in [6, 6.07) is 8.87. The van der Waals surface area contributed by atoms with Gasteiger partial charge in [-0.15, -0.1) is 9.45 Å². The smallest absolute Gasteiger partial charge is 0.296 e. The Kier molecular flexibility index (Phi) is 8.29. The minimum atomic E-state index is -4.84. The van der Waals surface area contributed by atoms with Gasteiger partial charge in [-0.3, -0.25) is 4.55 Å². The molecule has 0 bridgehead atoms. The number of ether oxygens (including phenoxy) is 1. The van der Waals surface area contributed by atoms with Gasteiger partial charge in [0, 0.05) is 17.4 Å². The van der Waals surface area contributed by atoms with Crippen molar-refractivity contribution in [3.05, 3.63) is 42.5 Å². The molecule has 188 valence electrons. The minimum absolute atomic E-state index is 0.0141. The molecule has 3 aromatic rings. The summed E-state index contributed by atoms with van der Waals surface area (Å²) >= 11 is 0.511. The molecule has 16 heteroatoms. The Labute approximate surface area is 203 Å². The predicted molar refractivity (Wildman–Crippen MR) is 125 cm³/mol. The van der Waals surface area contributed by atoms with Gasteiger partial charge in [0.1, 0.15) is 16.3 Å². The van der Waals surface area contributed by atoms with E-state index in [0.29, 0.717) is 12.0 Å². The Balaban J connectivity index is 2.06. The SMILES string of the molecule is COCCS(=O)(=O)c1ccc(N=Nc2c(S(=O)(=O)O)cc3cc(SOOO)cc(O)c3c2N)cc1. The van der Waals surface area contributed by atoms with Crippen LogP contribution in [0, 0.1) is 0 Å². The Morgan fingerprint density at radius 3 is 2.34 bits per heavy atom. The van der Waals surface area contributed by atoms with Crippen molar-refractivity contribution in [3.63, 3.8) is 0 Å². The van der Waals surface area contributed by atoms with Gasteiger partial charge >= 0.3 is 0 Å². The van der Waals surface area contributed by atoms with Crippen LogP contribution >= 0.6 is 12.0 Å². The first-order valence-electron chi connectivity index (χ1n) is 9.43. The molecule has 0 spiro atoms. The van der Waals surface area contributed by atoms with Gasteiger partial charge in [-0.25, -0.2) is 13.7 Å². The highest BCUT2D eigenvalue weighted by atomic mass is 32.2. The second-order valence-corrected chi connectivity index (χ2v) is 11.2. The van der Waals surface area contributed by atoms with Crippen LogP contribution in [0.5, 0.6) is 5.75 Å². The Morgan fingerprint density at radius 1 is 1.06 bits per heavy atom. The molecule has 0 atom stereocenters. The fourth-order valence-corrected chi connectivity index (χ4v) is 5.32. The lowest BCUT2D eigenvalue weighted by Gasteiger charge is -2.12. The van der Waals surface area contributed by atoms with Gasteiger partial charge in [0.2, 0.25) is 0 Å². The summed E-state index contributed by atoms with van der Waals surface area (Å²) in [6.07, 6.45) is 0. The van der Waals surface area contributed by atoms with Crippen LogP contribution in [0.2, 0.25) is 0 Å². The molecule has 13 nitrogen and oxygen atoms in total. The van der Waals surface area contributed by atoms with Crippen molar-refractivity contribution < 1.29 is 45.9 Å². The minimum Gasteiger partial charge on any atom is -0.507 e. The van der Waals surface area contributed by atoms with Crippen LogP contribution in [0.25, 0.3) is 10.8 Å². The molecule has 0 aromatic heterocycles. The predicted octanol–water partition coefficient (Wildman–Crippen LogP) is 3.64. The van der Waals surface area contributed by atoms with Crippen molar-refractivity contribution in [1.82, 2.24) is 0 Å². The van der Waals surface area contributed by atoms with Gasteiger partial charge in [0.05, 0.1) is 40.7 Å². The number of phenolic OH excluding ortho intramolecular Hbond substituents is 1. The summed E-state index contributed by atoms with van der Waals surface area (Å²) in [7, 11) is -7.02. The summed E-state index contributed by atoms with van der Waals surface area (Å²) in [5.41, 5.74) is 5.49. The number of azo groups is 1. The van der Waals surface area contributed by atoms with E-state index in [1.165, 1.54) is 43.5 Å². The first-order valence-corrected chi connectivity index (χ1v) is 13.3. The van der Waals surface area contributed by atoms with Crippen LogP contribution in [0.3, 0.4) is 0 Å². The maximum atomic E-state index is 12.2. The summed E-state index contributed by atoms with van der Waals surface area (Å²) in [4.78, 5) is -0.447. The number of phenols is 1. The molecular formula is C19H19N3O10S3. The number of aromatic hydroxyl groups is 1. The lowest BCUT2D eigenvalue weighted by Crippen LogP contribution is -2.11. The molecule has 0 radical (unpaired) electrons. The summed E-state index contributed by atoms with van der Waals surface area (Å²) in [5.74, 6) is -0.591. The molecule has 0 amide bonds. The van der Waals surface area contributed by atoms with Gasteiger partial charge in [-0.05, 0) is 47.9 Å². The van der Waals surface area contributed by atoms with E-state index in [0.717, 1.165) is 6.07 Å². The second-order valence-electron chi connectivity index (χ2n) is 6.88. The second kappa shape index (κ2) is 10.8. The van der Waals surface area contributed by atoms with E-state index < -0.39 is 30.5 Å². The fraction of sp³-hybridized carbons (Fsp3) is 0.158. The molecular weight excluding hydrogens is 526 g/mol. The number of nitrogens with zero attached hydrogens (tertiary/aromatic N) is 2. The molecule has 0 heterocycles. The first kappa shape index (κ1) is 26.8. The van der Waals surface area contributed by atoms with E-state index in [9.17, 15) is 26.5 Å². The number of fused-ring (bicyclic) bond motifs is 1. The molecule has 0 unspecified atom stereocenters. The van der Waals surface area contributed by atoms with Crippen molar-refractivity contribution in [1.29, 1.82) is 0 Å². The number of nitrogens with two attached hydrogens (primary N) is 1. The van der Waals surface area contributed by atoms with E-state index in [-0.39, 0.29) is 50.0 Å². The van der Waals surface area contributed by atoms with Gasteiger partial charge in [0.25, 0.3) is 10.1 Å². The number of hydrogen-bond donors (Lipinski definition) is 4. The van der Waals surface area contributed by atoms with Crippen LogP contribution < -0.4 is 5.73 Å². The number of methoxy groups -OCH3 is 1. The average molecular weight is 546 g/mol. The quantitative estimate of drug-likeness (QED) is 0.0719. The average Bonchev–Trinajstić information content (AvgIpc) is 2.80. The van der Waals surface area contributed by atoms with E-state index in [2.05, 4.69) is 19.6 Å². The van der Waals surface area contributed by atoms with Crippen LogP contribution in [0.15, 0.2) is 67.4 Å². The third kappa shape index (κ3) is 6.24. The molecule has 0 aliphatic rings. The summed E-state index contributed by atoms with van der Waals surface area (Å²) < 4.78 is 67.3. The van der Waals surface area contributed by atoms with Crippen molar-refractivity contribution in [2.24, 2.45) is 10.2 Å². The number of rotatable bonds is 10. The highest BCUT2D eigenvalue weighted by Crippen LogP contribution is 2.43. The number of benzene rings is 3. The van der Waals surface area contributed by atoms with Crippen molar-refractivity contribution in [3.8, 4) is 5.75 Å². The number of hydrogen-bond acceptors (Lipinski definition) is 13. The van der Waals surface area contributed by atoms with Crippen molar-refractivity contribution >= 4 is 59.8 Å². The van der Waals surface area contributed by atoms with Crippen LogP contribution in [-0.4, -0.2) is 51.2 Å². The fourth-order valence-electron chi connectivity index (χ4n) is 3.03.